The van der Waals surface area contributed by atoms with Crippen molar-refractivity contribution in [3.05, 3.63) is 32.9 Å². The van der Waals surface area contributed by atoms with Gasteiger partial charge < -0.3 is 0 Å². The van der Waals surface area contributed by atoms with Gasteiger partial charge in [0.1, 0.15) is 6.07 Å². The summed E-state index contributed by atoms with van der Waals surface area (Å²) < 4.78 is 0.741. The van der Waals surface area contributed by atoms with E-state index in [1.165, 1.54) is 6.92 Å². The molecule has 0 heterocycles. The van der Waals surface area contributed by atoms with Crippen LogP contribution in [0.3, 0.4) is 0 Å². The zero-order valence-electron chi connectivity index (χ0n) is 6.47. The predicted molar refractivity (Wildman–Crippen MR) is 53.9 cm³/mol. The standard InChI is InChI=1S/C9H6INO/c1-6(12)8-4-2-3-7(5-11)9(8)10/h2-4H,1H3. The summed E-state index contributed by atoms with van der Waals surface area (Å²) in [6.45, 7) is 1.50. The molecule has 0 amide bonds. The number of hydrogen-bond acceptors (Lipinski definition) is 2. The number of benzene rings is 1. The molecule has 12 heavy (non-hydrogen) atoms. The van der Waals surface area contributed by atoms with Crippen LogP contribution in [0.5, 0.6) is 0 Å². The Bertz CT molecular complexity index is 365. The van der Waals surface area contributed by atoms with E-state index < -0.39 is 0 Å². The number of rotatable bonds is 1. The number of ketones is 1. The minimum absolute atomic E-state index is 0.00324. The van der Waals surface area contributed by atoms with Crippen LogP contribution in [0.15, 0.2) is 18.2 Å². The first-order valence-electron chi connectivity index (χ1n) is 3.36. The van der Waals surface area contributed by atoms with Crippen molar-refractivity contribution >= 4 is 28.4 Å². The van der Waals surface area contributed by atoms with Crippen LogP contribution in [-0.4, -0.2) is 5.78 Å². The highest BCUT2D eigenvalue weighted by Crippen LogP contribution is 2.16. The van der Waals surface area contributed by atoms with E-state index in [-0.39, 0.29) is 5.78 Å². The molecule has 0 saturated carbocycles. The Labute approximate surface area is 84.3 Å². The first kappa shape index (κ1) is 9.20. The zero-order chi connectivity index (χ0) is 9.14. The van der Waals surface area contributed by atoms with E-state index >= 15 is 0 Å². The molecule has 0 spiro atoms. The second kappa shape index (κ2) is 3.68. The summed E-state index contributed by atoms with van der Waals surface area (Å²) in [5, 5.41) is 8.66. The summed E-state index contributed by atoms with van der Waals surface area (Å²) in [5.74, 6) is -0.00324. The molecule has 1 aromatic carbocycles. The Morgan fingerprint density at radius 2 is 2.25 bits per heavy atom. The number of halogens is 1. The molecule has 3 heteroatoms. The van der Waals surface area contributed by atoms with Crippen LogP contribution in [0.4, 0.5) is 0 Å². The maximum Gasteiger partial charge on any atom is 0.160 e. The van der Waals surface area contributed by atoms with E-state index in [9.17, 15) is 4.79 Å². The van der Waals surface area contributed by atoms with Crippen LogP contribution in [0.25, 0.3) is 0 Å². The predicted octanol–water partition coefficient (Wildman–Crippen LogP) is 2.37. The fourth-order valence-electron chi connectivity index (χ4n) is 0.890. The van der Waals surface area contributed by atoms with Crippen LogP contribution in [0.1, 0.15) is 22.8 Å². The van der Waals surface area contributed by atoms with Gasteiger partial charge in [0, 0.05) is 9.13 Å². The number of carbonyl (C=O) groups excluding carboxylic acids is 1. The molecule has 0 aliphatic rings. The summed E-state index contributed by atoms with van der Waals surface area (Å²) in [6.07, 6.45) is 0. The Kier molecular flexibility index (Phi) is 2.82. The van der Waals surface area contributed by atoms with E-state index in [0.717, 1.165) is 3.57 Å². The molecule has 1 aromatic rings. The van der Waals surface area contributed by atoms with Gasteiger partial charge >= 0.3 is 0 Å². The van der Waals surface area contributed by atoms with Crippen molar-refractivity contribution in [3.8, 4) is 6.07 Å². The lowest BCUT2D eigenvalue weighted by atomic mass is 10.1. The smallest absolute Gasteiger partial charge is 0.160 e. The average Bonchev–Trinajstić information content (AvgIpc) is 2.04. The van der Waals surface area contributed by atoms with Crippen LogP contribution >= 0.6 is 22.6 Å². The lowest BCUT2D eigenvalue weighted by Gasteiger charge is -1.99. The van der Waals surface area contributed by atoms with Crippen molar-refractivity contribution in [2.24, 2.45) is 0 Å². The molecule has 0 aromatic heterocycles. The Morgan fingerprint density at radius 3 is 2.75 bits per heavy atom. The Morgan fingerprint density at radius 1 is 1.58 bits per heavy atom. The second-order valence-electron chi connectivity index (χ2n) is 2.34. The number of carbonyl (C=O) groups is 1. The Balaban J connectivity index is 3.35. The van der Waals surface area contributed by atoms with Crippen LogP contribution < -0.4 is 0 Å². The first-order chi connectivity index (χ1) is 5.66. The van der Waals surface area contributed by atoms with Crippen LogP contribution in [0, 0.1) is 14.9 Å². The lowest BCUT2D eigenvalue weighted by Crippen LogP contribution is -1.97. The van der Waals surface area contributed by atoms with Crippen molar-refractivity contribution in [1.29, 1.82) is 5.26 Å². The van der Waals surface area contributed by atoms with Crippen LogP contribution in [-0.2, 0) is 0 Å². The SMILES string of the molecule is CC(=O)c1cccc(C#N)c1I. The molecule has 0 aliphatic carbocycles. The van der Waals surface area contributed by atoms with E-state index in [1.807, 2.05) is 28.7 Å². The molecule has 0 N–H and O–H groups in total. The minimum atomic E-state index is -0.00324. The van der Waals surface area contributed by atoms with Gasteiger partial charge in [0.05, 0.1) is 5.56 Å². The van der Waals surface area contributed by atoms with Gasteiger partial charge in [-0.05, 0) is 35.6 Å². The third-order valence-electron chi connectivity index (χ3n) is 1.50. The highest BCUT2D eigenvalue weighted by atomic mass is 127. The number of nitriles is 1. The average molecular weight is 271 g/mol. The summed E-state index contributed by atoms with van der Waals surface area (Å²) in [4.78, 5) is 11.0. The van der Waals surface area contributed by atoms with Crippen molar-refractivity contribution < 1.29 is 4.79 Å². The number of nitrogens with zero attached hydrogens (tertiary/aromatic N) is 1. The molecular weight excluding hydrogens is 265 g/mol. The topological polar surface area (TPSA) is 40.9 Å². The van der Waals surface area contributed by atoms with Gasteiger partial charge in [-0.2, -0.15) is 5.26 Å². The number of Topliss-reactive ketones (excluding diaryl/α,β-unsaturated/α-hetero) is 1. The van der Waals surface area contributed by atoms with Crippen molar-refractivity contribution in [2.45, 2.75) is 6.92 Å². The quantitative estimate of drug-likeness (QED) is 0.581. The molecule has 0 fully saturated rings. The maximum atomic E-state index is 11.0. The summed E-state index contributed by atoms with van der Waals surface area (Å²) in [7, 11) is 0. The Hall–Kier alpha value is -0.890. The zero-order valence-corrected chi connectivity index (χ0v) is 8.62. The highest BCUT2D eigenvalue weighted by molar-refractivity contribution is 14.1. The third-order valence-corrected chi connectivity index (χ3v) is 2.66. The molecule has 60 valence electrons. The molecule has 0 unspecified atom stereocenters. The monoisotopic (exact) mass is 271 g/mol. The maximum absolute atomic E-state index is 11.0. The molecule has 0 bridgehead atoms. The minimum Gasteiger partial charge on any atom is -0.294 e. The molecule has 0 saturated heterocycles. The number of hydrogen-bond donors (Lipinski definition) is 0. The lowest BCUT2D eigenvalue weighted by molar-refractivity contribution is 0.101. The van der Waals surface area contributed by atoms with Crippen LogP contribution in [0.2, 0.25) is 0 Å². The van der Waals surface area contributed by atoms with Gasteiger partial charge in [0.2, 0.25) is 0 Å². The van der Waals surface area contributed by atoms with E-state index in [4.69, 9.17) is 5.26 Å². The summed E-state index contributed by atoms with van der Waals surface area (Å²) in [5.41, 5.74) is 1.18. The molecule has 0 radical (unpaired) electrons. The van der Waals surface area contributed by atoms with Gasteiger partial charge in [0.25, 0.3) is 0 Å². The van der Waals surface area contributed by atoms with Gasteiger partial charge in [-0.3, -0.25) is 4.79 Å². The first-order valence-corrected chi connectivity index (χ1v) is 4.44. The summed E-state index contributed by atoms with van der Waals surface area (Å²) in [6, 6.07) is 7.18. The van der Waals surface area contributed by atoms with Crippen molar-refractivity contribution in [3.63, 3.8) is 0 Å². The van der Waals surface area contributed by atoms with Gasteiger partial charge in [-0.15, -0.1) is 0 Å². The third kappa shape index (κ3) is 1.64. The normalized spacial score (nSPS) is 9.08. The highest BCUT2D eigenvalue weighted by Gasteiger charge is 2.07. The van der Waals surface area contributed by atoms with E-state index in [1.54, 1.807) is 18.2 Å². The molecule has 0 aliphatic heterocycles. The summed E-state index contributed by atoms with van der Waals surface area (Å²) >= 11 is 2.01. The largest absolute Gasteiger partial charge is 0.294 e. The fourth-order valence-corrected chi connectivity index (χ4v) is 1.75. The molecule has 1 rings (SSSR count). The van der Waals surface area contributed by atoms with Gasteiger partial charge in [-0.25, -0.2) is 0 Å². The molecule has 0 atom stereocenters. The molecule has 2 nitrogen and oxygen atoms in total. The second-order valence-corrected chi connectivity index (χ2v) is 3.41. The fraction of sp³-hybridized carbons (Fsp3) is 0.111. The van der Waals surface area contributed by atoms with Crippen molar-refractivity contribution in [2.75, 3.05) is 0 Å². The van der Waals surface area contributed by atoms with Gasteiger partial charge in [0.15, 0.2) is 5.78 Å². The van der Waals surface area contributed by atoms with Gasteiger partial charge in [-0.1, -0.05) is 12.1 Å². The van der Waals surface area contributed by atoms with E-state index in [2.05, 4.69) is 0 Å². The van der Waals surface area contributed by atoms with Crippen molar-refractivity contribution in [1.82, 2.24) is 0 Å². The van der Waals surface area contributed by atoms with E-state index in [0.29, 0.717) is 11.1 Å². The molecular formula is C9H6INO.